The van der Waals surface area contributed by atoms with Crippen LogP contribution in [0.2, 0.25) is 5.02 Å². The minimum atomic E-state index is -0.681. The van der Waals surface area contributed by atoms with Crippen LogP contribution in [0.3, 0.4) is 0 Å². The SMILES string of the molecule is CNC(=O)Oc1cccc(NC(=O)Oc2cccc(Cl)c2)c1. The highest BCUT2D eigenvalue weighted by Gasteiger charge is 2.07. The summed E-state index contributed by atoms with van der Waals surface area (Å²) in [6.07, 6.45) is -1.28. The first-order chi connectivity index (χ1) is 10.6. The van der Waals surface area contributed by atoms with E-state index in [1.165, 1.54) is 19.2 Å². The molecule has 2 rings (SSSR count). The molecule has 0 saturated heterocycles. The molecule has 0 aliphatic rings. The molecule has 0 fully saturated rings. The second-order valence-electron chi connectivity index (χ2n) is 4.14. The van der Waals surface area contributed by atoms with Gasteiger partial charge in [0.2, 0.25) is 0 Å². The van der Waals surface area contributed by atoms with Gasteiger partial charge in [0, 0.05) is 23.8 Å². The Morgan fingerprint density at radius 1 is 0.955 bits per heavy atom. The maximum absolute atomic E-state index is 11.8. The fourth-order valence-corrected chi connectivity index (χ4v) is 1.76. The average molecular weight is 321 g/mol. The minimum Gasteiger partial charge on any atom is -0.410 e. The van der Waals surface area contributed by atoms with Crippen LogP contribution in [0.1, 0.15) is 0 Å². The lowest BCUT2D eigenvalue weighted by atomic mass is 10.3. The zero-order chi connectivity index (χ0) is 15.9. The van der Waals surface area contributed by atoms with E-state index in [9.17, 15) is 9.59 Å². The number of hydrogen-bond donors (Lipinski definition) is 2. The van der Waals surface area contributed by atoms with Crippen molar-refractivity contribution in [3.05, 3.63) is 53.6 Å². The smallest absolute Gasteiger partial charge is 0.410 e. The van der Waals surface area contributed by atoms with Crippen molar-refractivity contribution < 1.29 is 19.1 Å². The molecule has 0 aliphatic carbocycles. The summed E-state index contributed by atoms with van der Waals surface area (Å²) in [6, 6.07) is 12.8. The Kier molecular flexibility index (Phi) is 5.21. The Hall–Kier alpha value is -2.73. The first kappa shape index (κ1) is 15.7. The summed E-state index contributed by atoms with van der Waals surface area (Å²) in [5.41, 5.74) is 0.424. The third-order valence-electron chi connectivity index (χ3n) is 2.50. The van der Waals surface area contributed by atoms with Crippen molar-refractivity contribution in [3.8, 4) is 11.5 Å². The topological polar surface area (TPSA) is 76.7 Å². The second-order valence-corrected chi connectivity index (χ2v) is 4.58. The summed E-state index contributed by atoms with van der Waals surface area (Å²) >= 11 is 5.81. The summed E-state index contributed by atoms with van der Waals surface area (Å²) in [5, 5.41) is 5.32. The van der Waals surface area contributed by atoms with Crippen molar-refractivity contribution in [2.45, 2.75) is 0 Å². The van der Waals surface area contributed by atoms with Crippen LogP contribution >= 0.6 is 11.6 Å². The maximum Gasteiger partial charge on any atom is 0.417 e. The molecular weight excluding hydrogens is 308 g/mol. The molecule has 0 heterocycles. The molecule has 0 spiro atoms. The lowest BCUT2D eigenvalue weighted by Crippen LogP contribution is -2.22. The van der Waals surface area contributed by atoms with E-state index in [1.54, 1.807) is 36.4 Å². The Morgan fingerprint density at radius 2 is 1.59 bits per heavy atom. The highest BCUT2D eigenvalue weighted by molar-refractivity contribution is 6.30. The molecule has 6 nitrogen and oxygen atoms in total. The fourth-order valence-electron chi connectivity index (χ4n) is 1.58. The van der Waals surface area contributed by atoms with Crippen molar-refractivity contribution in [2.24, 2.45) is 0 Å². The summed E-state index contributed by atoms with van der Waals surface area (Å²) in [6.45, 7) is 0. The monoisotopic (exact) mass is 320 g/mol. The number of hydrogen-bond acceptors (Lipinski definition) is 4. The molecule has 0 radical (unpaired) electrons. The molecule has 0 bridgehead atoms. The zero-order valence-corrected chi connectivity index (χ0v) is 12.4. The van der Waals surface area contributed by atoms with Crippen LogP contribution in [0.15, 0.2) is 48.5 Å². The van der Waals surface area contributed by atoms with Gasteiger partial charge in [0.25, 0.3) is 0 Å². The molecule has 7 heteroatoms. The van der Waals surface area contributed by atoms with Crippen LogP contribution in [0.25, 0.3) is 0 Å². The van der Waals surface area contributed by atoms with Crippen molar-refractivity contribution in [2.75, 3.05) is 12.4 Å². The van der Waals surface area contributed by atoms with Crippen LogP contribution in [-0.4, -0.2) is 19.2 Å². The van der Waals surface area contributed by atoms with E-state index in [4.69, 9.17) is 21.1 Å². The van der Waals surface area contributed by atoms with E-state index in [0.717, 1.165) is 0 Å². The van der Waals surface area contributed by atoms with Gasteiger partial charge in [-0.15, -0.1) is 0 Å². The summed E-state index contributed by atoms with van der Waals surface area (Å²) in [5.74, 6) is 0.614. The normalized spacial score (nSPS) is 9.73. The van der Waals surface area contributed by atoms with Crippen LogP contribution in [0, 0.1) is 0 Å². The number of amides is 2. The van der Waals surface area contributed by atoms with Crippen molar-refractivity contribution >= 4 is 29.5 Å². The number of carbonyl (C=O) groups excluding carboxylic acids is 2. The van der Waals surface area contributed by atoms with Gasteiger partial charge in [-0.05, 0) is 30.3 Å². The molecule has 0 atom stereocenters. The van der Waals surface area contributed by atoms with E-state index >= 15 is 0 Å². The van der Waals surface area contributed by atoms with Gasteiger partial charge < -0.3 is 14.8 Å². The van der Waals surface area contributed by atoms with E-state index in [2.05, 4.69) is 10.6 Å². The van der Waals surface area contributed by atoms with Gasteiger partial charge in [-0.25, -0.2) is 9.59 Å². The molecule has 114 valence electrons. The van der Waals surface area contributed by atoms with Crippen molar-refractivity contribution in [1.82, 2.24) is 5.32 Å². The zero-order valence-electron chi connectivity index (χ0n) is 11.6. The van der Waals surface area contributed by atoms with Crippen LogP contribution in [-0.2, 0) is 0 Å². The van der Waals surface area contributed by atoms with Gasteiger partial charge in [0.05, 0.1) is 0 Å². The molecule has 0 saturated carbocycles. The first-order valence-corrected chi connectivity index (χ1v) is 6.68. The molecule has 2 aromatic rings. The maximum atomic E-state index is 11.8. The molecule has 22 heavy (non-hydrogen) atoms. The highest BCUT2D eigenvalue weighted by atomic mass is 35.5. The lowest BCUT2D eigenvalue weighted by molar-refractivity contribution is 0.203. The minimum absolute atomic E-state index is 0.292. The van der Waals surface area contributed by atoms with Crippen LogP contribution in [0.4, 0.5) is 15.3 Å². The van der Waals surface area contributed by atoms with E-state index in [0.29, 0.717) is 22.2 Å². The molecular formula is C15H13ClN2O4. The predicted octanol–water partition coefficient (Wildman–Crippen LogP) is 3.67. The molecule has 0 unspecified atom stereocenters. The summed E-state index contributed by atoms with van der Waals surface area (Å²) in [7, 11) is 1.45. The molecule has 2 aromatic carbocycles. The number of halogens is 1. The van der Waals surface area contributed by atoms with E-state index < -0.39 is 12.2 Å². The fraction of sp³-hybridized carbons (Fsp3) is 0.0667. The van der Waals surface area contributed by atoms with Gasteiger partial charge in [0.1, 0.15) is 11.5 Å². The number of carbonyl (C=O) groups is 2. The molecule has 2 amide bonds. The van der Waals surface area contributed by atoms with Crippen LogP contribution in [0.5, 0.6) is 11.5 Å². The standard InChI is InChI=1S/C15H13ClN2O4/c1-17-14(19)21-13-7-3-5-11(9-13)18-15(20)22-12-6-2-4-10(16)8-12/h2-9H,1H3,(H,17,19)(H,18,20). The Morgan fingerprint density at radius 3 is 2.27 bits per heavy atom. The second kappa shape index (κ2) is 7.33. The molecule has 2 N–H and O–H groups in total. The molecule has 0 aliphatic heterocycles. The number of benzene rings is 2. The van der Waals surface area contributed by atoms with Crippen molar-refractivity contribution in [1.29, 1.82) is 0 Å². The number of nitrogens with one attached hydrogen (secondary N) is 2. The number of anilines is 1. The third kappa shape index (κ3) is 4.68. The molecule has 0 aromatic heterocycles. The first-order valence-electron chi connectivity index (χ1n) is 6.31. The lowest BCUT2D eigenvalue weighted by Gasteiger charge is -2.08. The van der Waals surface area contributed by atoms with Gasteiger partial charge >= 0.3 is 12.2 Å². The van der Waals surface area contributed by atoms with Gasteiger partial charge in [-0.2, -0.15) is 0 Å². The quantitative estimate of drug-likeness (QED) is 0.904. The van der Waals surface area contributed by atoms with E-state index in [-0.39, 0.29) is 0 Å². The summed E-state index contributed by atoms with van der Waals surface area (Å²) in [4.78, 5) is 22.9. The predicted molar refractivity (Wildman–Crippen MR) is 82.6 cm³/mol. The Balaban J connectivity index is 1.99. The summed E-state index contributed by atoms with van der Waals surface area (Å²) < 4.78 is 10.0. The Bertz CT molecular complexity index is 691. The van der Waals surface area contributed by atoms with Gasteiger partial charge in [0.15, 0.2) is 0 Å². The van der Waals surface area contributed by atoms with E-state index in [1.807, 2.05) is 0 Å². The largest absolute Gasteiger partial charge is 0.417 e. The number of rotatable bonds is 3. The van der Waals surface area contributed by atoms with Gasteiger partial charge in [-0.3, -0.25) is 5.32 Å². The van der Waals surface area contributed by atoms with Crippen molar-refractivity contribution in [3.63, 3.8) is 0 Å². The highest BCUT2D eigenvalue weighted by Crippen LogP contribution is 2.20. The third-order valence-corrected chi connectivity index (χ3v) is 2.74. The van der Waals surface area contributed by atoms with Gasteiger partial charge in [-0.1, -0.05) is 23.7 Å². The average Bonchev–Trinajstić information content (AvgIpc) is 2.47. The Labute approximate surface area is 132 Å². The van der Waals surface area contributed by atoms with Crippen LogP contribution < -0.4 is 20.1 Å². The number of ether oxygens (including phenoxy) is 2.